The Hall–Kier alpha value is -2.71. The highest BCUT2D eigenvalue weighted by Gasteiger charge is 2.54. The van der Waals surface area contributed by atoms with Crippen LogP contribution in [-0.2, 0) is 0 Å². The van der Waals surface area contributed by atoms with E-state index in [1.54, 1.807) is 12.3 Å². The smallest absolute Gasteiger partial charge is 0.146 e. The van der Waals surface area contributed by atoms with Crippen molar-refractivity contribution in [2.75, 3.05) is 5.32 Å². The molecule has 0 aliphatic heterocycles. The lowest BCUT2D eigenvalue weighted by Gasteiger charge is -2.27. The Balaban J connectivity index is 1.49. The van der Waals surface area contributed by atoms with Crippen molar-refractivity contribution < 1.29 is 4.39 Å². The second-order valence-electron chi connectivity index (χ2n) is 9.45. The quantitative estimate of drug-likeness (QED) is 0.733. The van der Waals surface area contributed by atoms with Crippen LogP contribution >= 0.6 is 0 Å². The normalized spacial score (nSPS) is 33.0. The average Bonchev–Trinajstić information content (AvgIpc) is 3.41. The van der Waals surface area contributed by atoms with Crippen LogP contribution in [0.2, 0.25) is 0 Å². The zero-order chi connectivity index (χ0) is 20.9. The maximum absolute atomic E-state index is 14.6. The number of hydrogen-bond donors (Lipinski definition) is 2. The maximum Gasteiger partial charge on any atom is 0.146 e. The number of aromatic nitrogens is 1. The molecule has 2 unspecified atom stereocenters. The first kappa shape index (κ1) is 19.3. The van der Waals surface area contributed by atoms with Gasteiger partial charge in [-0.2, -0.15) is 5.26 Å². The zero-order valence-electron chi connectivity index (χ0n) is 17.3. The minimum atomic E-state index is -1.59. The molecule has 2 fully saturated rings. The summed E-state index contributed by atoms with van der Waals surface area (Å²) in [5.41, 5.74) is 8.05. The Labute approximate surface area is 176 Å². The number of alkyl halides is 1. The molecule has 0 bridgehead atoms. The van der Waals surface area contributed by atoms with Gasteiger partial charge in [0.05, 0.1) is 11.6 Å². The molecule has 30 heavy (non-hydrogen) atoms. The molecule has 5 rings (SSSR count). The first-order valence-corrected chi connectivity index (χ1v) is 10.8. The van der Waals surface area contributed by atoms with Crippen LogP contribution in [0, 0.1) is 16.7 Å². The number of nitrogens with two attached hydrogens (primary N) is 1. The fourth-order valence-electron chi connectivity index (χ4n) is 5.12. The molecule has 3 aliphatic carbocycles. The SMILES string of the molecule is CC1(F)CC=C(c2cc(NC3CC34CCC(N)CC4)c3cnccc3c2)C=C1C#N. The predicted molar refractivity (Wildman–Crippen MR) is 118 cm³/mol. The van der Waals surface area contributed by atoms with Crippen LogP contribution in [0.5, 0.6) is 0 Å². The van der Waals surface area contributed by atoms with Gasteiger partial charge in [0.2, 0.25) is 0 Å². The summed E-state index contributed by atoms with van der Waals surface area (Å²) < 4.78 is 14.6. The molecule has 154 valence electrons. The van der Waals surface area contributed by atoms with Gasteiger partial charge in [0.25, 0.3) is 0 Å². The number of nitrogens with one attached hydrogen (secondary N) is 1. The van der Waals surface area contributed by atoms with Crippen LogP contribution in [-0.4, -0.2) is 22.7 Å². The fourth-order valence-corrected chi connectivity index (χ4v) is 5.12. The van der Waals surface area contributed by atoms with Crippen LogP contribution in [0.3, 0.4) is 0 Å². The van der Waals surface area contributed by atoms with E-state index in [0.29, 0.717) is 17.5 Å². The molecule has 2 saturated carbocycles. The summed E-state index contributed by atoms with van der Waals surface area (Å²) in [7, 11) is 0. The highest BCUT2D eigenvalue weighted by molar-refractivity contribution is 5.97. The Morgan fingerprint density at radius 2 is 2.10 bits per heavy atom. The lowest BCUT2D eigenvalue weighted by Crippen LogP contribution is -2.29. The second kappa shape index (κ2) is 6.92. The van der Waals surface area contributed by atoms with Gasteiger partial charge in [-0.1, -0.05) is 6.08 Å². The molecule has 5 heteroatoms. The topological polar surface area (TPSA) is 74.7 Å². The van der Waals surface area contributed by atoms with Crippen molar-refractivity contribution in [1.29, 1.82) is 5.26 Å². The number of anilines is 1. The summed E-state index contributed by atoms with van der Waals surface area (Å²) >= 11 is 0. The Morgan fingerprint density at radius 1 is 1.30 bits per heavy atom. The van der Waals surface area contributed by atoms with Gasteiger partial charge >= 0.3 is 0 Å². The van der Waals surface area contributed by atoms with E-state index in [1.807, 2.05) is 24.4 Å². The van der Waals surface area contributed by atoms with E-state index in [4.69, 9.17) is 5.73 Å². The molecule has 1 aromatic heterocycles. The van der Waals surface area contributed by atoms with Crippen molar-refractivity contribution in [3.05, 3.63) is 53.9 Å². The first-order valence-electron chi connectivity index (χ1n) is 10.8. The van der Waals surface area contributed by atoms with Gasteiger partial charge in [-0.15, -0.1) is 0 Å². The minimum Gasteiger partial charge on any atom is -0.381 e. The molecule has 4 nitrogen and oxygen atoms in total. The van der Waals surface area contributed by atoms with Crippen molar-refractivity contribution in [2.24, 2.45) is 11.1 Å². The van der Waals surface area contributed by atoms with Crippen LogP contribution in [0.1, 0.15) is 51.0 Å². The molecule has 1 spiro atoms. The number of fused-ring (bicyclic) bond motifs is 1. The molecular weight excluding hydrogens is 375 g/mol. The zero-order valence-corrected chi connectivity index (χ0v) is 17.3. The van der Waals surface area contributed by atoms with E-state index >= 15 is 0 Å². The lowest BCUT2D eigenvalue weighted by molar-refractivity contribution is 0.249. The van der Waals surface area contributed by atoms with Crippen molar-refractivity contribution in [1.82, 2.24) is 4.98 Å². The lowest BCUT2D eigenvalue weighted by atomic mass is 9.83. The van der Waals surface area contributed by atoms with E-state index in [2.05, 4.69) is 22.4 Å². The number of nitrogens with zero attached hydrogens (tertiary/aromatic N) is 2. The van der Waals surface area contributed by atoms with E-state index in [-0.39, 0.29) is 12.0 Å². The minimum absolute atomic E-state index is 0.184. The van der Waals surface area contributed by atoms with Crippen molar-refractivity contribution >= 4 is 22.0 Å². The van der Waals surface area contributed by atoms with Crippen LogP contribution in [0.25, 0.3) is 16.3 Å². The van der Waals surface area contributed by atoms with E-state index in [1.165, 1.54) is 26.2 Å². The Bertz CT molecular complexity index is 1100. The third kappa shape index (κ3) is 3.30. The summed E-state index contributed by atoms with van der Waals surface area (Å²) in [6.45, 7) is 1.47. The molecule has 1 heterocycles. The highest BCUT2D eigenvalue weighted by Crippen LogP contribution is 2.57. The number of nitriles is 1. The Kier molecular flexibility index (Phi) is 4.44. The fraction of sp³-hybridized carbons (Fsp3) is 0.440. The second-order valence-corrected chi connectivity index (χ2v) is 9.45. The summed E-state index contributed by atoms with van der Waals surface area (Å²) in [5, 5.41) is 15.4. The van der Waals surface area contributed by atoms with Crippen LogP contribution < -0.4 is 11.1 Å². The monoisotopic (exact) mass is 402 g/mol. The first-order chi connectivity index (χ1) is 14.4. The third-order valence-corrected chi connectivity index (χ3v) is 7.32. The van der Waals surface area contributed by atoms with Gasteiger partial charge in [0, 0.05) is 42.0 Å². The number of allylic oxidation sites excluding steroid dienone is 4. The number of pyridine rings is 1. The van der Waals surface area contributed by atoms with Crippen molar-refractivity contribution in [3.63, 3.8) is 0 Å². The van der Waals surface area contributed by atoms with Crippen LogP contribution in [0.4, 0.5) is 10.1 Å². The summed E-state index contributed by atoms with van der Waals surface area (Å²) in [5.74, 6) is 0. The van der Waals surface area contributed by atoms with Crippen LogP contribution in [0.15, 0.2) is 48.3 Å². The van der Waals surface area contributed by atoms with E-state index in [9.17, 15) is 9.65 Å². The molecule has 2 aromatic rings. The predicted octanol–water partition coefficient (Wildman–Crippen LogP) is 5.27. The number of halogens is 1. The number of hydrogen-bond acceptors (Lipinski definition) is 4. The third-order valence-electron chi connectivity index (χ3n) is 7.32. The molecule has 3 N–H and O–H groups in total. The molecular formula is C25H27FN4. The number of benzene rings is 1. The van der Waals surface area contributed by atoms with E-state index in [0.717, 1.165) is 40.4 Å². The summed E-state index contributed by atoms with van der Waals surface area (Å²) in [6, 6.07) is 9.09. The van der Waals surface area contributed by atoms with Gasteiger partial charge in [-0.05, 0) is 85.2 Å². The molecule has 3 aliphatic rings. The van der Waals surface area contributed by atoms with Gasteiger partial charge in [-0.25, -0.2) is 4.39 Å². The molecule has 0 amide bonds. The molecule has 0 saturated heterocycles. The maximum atomic E-state index is 14.6. The van der Waals surface area contributed by atoms with Crippen molar-refractivity contribution in [3.8, 4) is 6.07 Å². The van der Waals surface area contributed by atoms with Crippen molar-refractivity contribution in [2.45, 2.75) is 63.2 Å². The van der Waals surface area contributed by atoms with Gasteiger partial charge in [0.1, 0.15) is 5.67 Å². The average molecular weight is 403 g/mol. The molecule has 2 atom stereocenters. The highest BCUT2D eigenvalue weighted by atomic mass is 19.1. The Morgan fingerprint density at radius 3 is 2.87 bits per heavy atom. The van der Waals surface area contributed by atoms with Gasteiger partial charge < -0.3 is 11.1 Å². The summed E-state index contributed by atoms with van der Waals surface area (Å²) in [4.78, 5) is 4.33. The summed E-state index contributed by atoms with van der Waals surface area (Å²) in [6.07, 6.45) is 13.3. The standard InChI is InChI=1S/C25H27FN4/c1-24(26)6-2-16(11-19(24)14-27)18-10-17-5-9-29-15-21(17)22(12-18)30-23-13-25(23)7-3-20(28)4-8-25/h2,5,9-12,15,20,23,30H,3-4,6-8,13,28H2,1H3. The van der Waals surface area contributed by atoms with E-state index < -0.39 is 5.67 Å². The van der Waals surface area contributed by atoms with Gasteiger partial charge in [-0.3, -0.25) is 4.98 Å². The molecule has 0 radical (unpaired) electrons. The largest absolute Gasteiger partial charge is 0.381 e. The molecule has 1 aromatic carbocycles. The number of rotatable bonds is 3. The van der Waals surface area contributed by atoms with Gasteiger partial charge in [0.15, 0.2) is 0 Å².